The Morgan fingerprint density at radius 3 is 2.00 bits per heavy atom. The summed E-state index contributed by atoms with van der Waals surface area (Å²) in [5.74, 6) is 3.06. The summed E-state index contributed by atoms with van der Waals surface area (Å²) in [6, 6.07) is 0.431. The first-order chi connectivity index (χ1) is 8.91. The zero-order chi connectivity index (χ0) is 14.0. The van der Waals surface area contributed by atoms with E-state index in [1.165, 1.54) is 38.5 Å². The predicted molar refractivity (Wildman–Crippen MR) is 83.3 cm³/mol. The Labute approximate surface area is 122 Å². The molecule has 2 fully saturated rings. The van der Waals surface area contributed by atoms with E-state index in [4.69, 9.17) is 0 Å². The molecule has 2 saturated carbocycles. The van der Waals surface area contributed by atoms with Gasteiger partial charge in [0, 0.05) is 11.4 Å². The Morgan fingerprint density at radius 2 is 1.63 bits per heavy atom. The summed E-state index contributed by atoms with van der Waals surface area (Å²) in [7, 11) is 0. The maximum Gasteiger partial charge on any atom is 0.136 e. The fourth-order valence-electron chi connectivity index (χ4n) is 2.97. The predicted octanol–water partition coefficient (Wildman–Crippen LogP) is 4.03. The maximum atomic E-state index is 12.2. The van der Waals surface area contributed by atoms with E-state index < -0.39 is 11.4 Å². The average molecular weight is 285 g/mol. The molecule has 0 aliphatic heterocycles. The normalized spacial score (nSPS) is 23.7. The lowest BCUT2D eigenvalue weighted by Gasteiger charge is -2.28. The van der Waals surface area contributed by atoms with Crippen LogP contribution in [0.15, 0.2) is 0 Å². The molecule has 0 heterocycles. The van der Waals surface area contributed by atoms with E-state index in [0.717, 1.165) is 24.2 Å². The van der Waals surface area contributed by atoms with Crippen LogP contribution >= 0.6 is 0 Å². The van der Waals surface area contributed by atoms with Crippen LogP contribution in [0.5, 0.6) is 0 Å². The zero-order valence-corrected chi connectivity index (χ0v) is 13.9. The van der Waals surface area contributed by atoms with Crippen LogP contribution in [0.2, 0.25) is 0 Å². The molecule has 19 heavy (non-hydrogen) atoms. The highest BCUT2D eigenvalue weighted by Crippen LogP contribution is 2.51. The summed E-state index contributed by atoms with van der Waals surface area (Å²) in [6.07, 6.45) is 9.53. The van der Waals surface area contributed by atoms with Crippen molar-refractivity contribution in [1.29, 1.82) is 0 Å². The molecule has 2 atom stereocenters. The third kappa shape index (κ3) is 4.95. The highest BCUT2D eigenvalue weighted by molar-refractivity contribution is 7.90. The molecule has 3 heteroatoms. The molecule has 0 radical (unpaired) electrons. The Kier molecular flexibility index (Phi) is 5.24. The summed E-state index contributed by atoms with van der Waals surface area (Å²) < 4.78 is 15.4. The van der Waals surface area contributed by atoms with Crippen molar-refractivity contribution >= 4 is 11.4 Å². The first-order valence-corrected chi connectivity index (χ1v) is 9.24. The van der Waals surface area contributed by atoms with Gasteiger partial charge in [0.2, 0.25) is 0 Å². The van der Waals surface area contributed by atoms with Crippen LogP contribution in [0, 0.1) is 17.8 Å². The van der Waals surface area contributed by atoms with Crippen molar-refractivity contribution in [3.8, 4) is 0 Å². The molecule has 0 amide bonds. The molecular formula is C16H31NOS. The van der Waals surface area contributed by atoms with E-state index >= 15 is 0 Å². The monoisotopic (exact) mass is 285 g/mol. The van der Waals surface area contributed by atoms with Gasteiger partial charge >= 0.3 is 0 Å². The second kappa shape index (κ2) is 6.36. The van der Waals surface area contributed by atoms with Crippen LogP contribution in [0.1, 0.15) is 72.6 Å². The van der Waals surface area contributed by atoms with Gasteiger partial charge in [-0.25, -0.2) is 0 Å². The van der Waals surface area contributed by atoms with E-state index in [1.54, 1.807) is 0 Å². The molecule has 112 valence electrons. The van der Waals surface area contributed by atoms with E-state index in [1.807, 2.05) is 20.8 Å². The van der Waals surface area contributed by atoms with Crippen LogP contribution in [-0.2, 0) is 11.4 Å². The van der Waals surface area contributed by atoms with E-state index in [2.05, 4.69) is 11.6 Å². The number of rotatable bonds is 8. The third-order valence-electron chi connectivity index (χ3n) is 4.63. The Balaban J connectivity index is 1.75. The summed E-state index contributed by atoms with van der Waals surface area (Å²) in [5, 5.41) is 0. The van der Waals surface area contributed by atoms with Crippen LogP contribution in [0.3, 0.4) is 0 Å². The second-order valence-electron chi connectivity index (χ2n) is 7.52. The summed E-state index contributed by atoms with van der Waals surface area (Å²) in [6.45, 7) is 8.33. The lowest BCUT2D eigenvalue weighted by Crippen LogP contribution is -2.44. The van der Waals surface area contributed by atoms with Gasteiger partial charge in [-0.1, -0.05) is 6.92 Å². The van der Waals surface area contributed by atoms with Crippen molar-refractivity contribution in [2.75, 3.05) is 0 Å². The van der Waals surface area contributed by atoms with Crippen molar-refractivity contribution in [2.45, 2.75) is 83.4 Å². The van der Waals surface area contributed by atoms with Crippen LogP contribution in [0.25, 0.3) is 0 Å². The van der Waals surface area contributed by atoms with Gasteiger partial charge in [0.05, 0.1) is 6.04 Å². The quantitative estimate of drug-likeness (QED) is 0.683. The Bertz CT molecular complexity index is 269. The Morgan fingerprint density at radius 1 is 1.11 bits per heavy atom. The third-order valence-corrected chi connectivity index (χ3v) is 6.29. The Hall–Kier alpha value is 0.270. The molecule has 0 saturated heterocycles. The van der Waals surface area contributed by atoms with Gasteiger partial charge in [0.25, 0.3) is 0 Å². The van der Waals surface area contributed by atoms with Crippen molar-refractivity contribution in [1.82, 2.24) is 4.72 Å². The standard InChI is InChI=1S/C16H31NOS/c1-5-14(17-19(18)16(2,3)4)10-11-15(12-6-7-12)13-8-9-13/h12-15,17H,5-11H2,1-4H3. The lowest BCUT2D eigenvalue weighted by molar-refractivity contribution is 0.343. The van der Waals surface area contributed by atoms with Crippen LogP contribution < -0.4 is 4.72 Å². The first kappa shape index (κ1) is 15.7. The maximum absolute atomic E-state index is 12.2. The molecule has 2 unspecified atom stereocenters. The molecule has 2 aliphatic rings. The minimum absolute atomic E-state index is 0.153. The van der Waals surface area contributed by atoms with Gasteiger partial charge in [-0.05, 0) is 83.5 Å². The highest BCUT2D eigenvalue weighted by Gasteiger charge is 2.41. The van der Waals surface area contributed by atoms with Crippen LogP contribution in [0.4, 0.5) is 0 Å². The molecule has 0 aromatic carbocycles. The number of hydrogen-bond acceptors (Lipinski definition) is 2. The number of nitrogens with one attached hydrogen (secondary N) is 1. The second-order valence-corrected chi connectivity index (χ2v) is 9.52. The number of hydrogen-bond donors (Lipinski definition) is 1. The molecule has 2 rings (SSSR count). The fourth-order valence-corrected chi connectivity index (χ4v) is 3.91. The van der Waals surface area contributed by atoms with Crippen molar-refractivity contribution in [2.24, 2.45) is 17.8 Å². The van der Waals surface area contributed by atoms with Gasteiger partial charge in [0.1, 0.15) is 4.75 Å². The molecule has 0 bridgehead atoms. The van der Waals surface area contributed by atoms with Crippen molar-refractivity contribution in [3.63, 3.8) is 0 Å². The smallest absolute Gasteiger partial charge is 0.136 e. The highest BCUT2D eigenvalue weighted by atomic mass is 32.2. The zero-order valence-electron chi connectivity index (χ0n) is 13.1. The van der Waals surface area contributed by atoms with Gasteiger partial charge in [0.15, 0.2) is 0 Å². The van der Waals surface area contributed by atoms with Crippen molar-refractivity contribution < 1.29 is 4.55 Å². The van der Waals surface area contributed by atoms with Crippen LogP contribution in [-0.4, -0.2) is 15.3 Å². The summed E-state index contributed by atoms with van der Waals surface area (Å²) >= 11 is -0.922. The van der Waals surface area contributed by atoms with E-state index in [9.17, 15) is 4.55 Å². The van der Waals surface area contributed by atoms with Gasteiger partial charge in [-0.15, -0.1) is 4.72 Å². The summed E-state index contributed by atoms with van der Waals surface area (Å²) in [5.41, 5.74) is 0. The van der Waals surface area contributed by atoms with E-state index in [-0.39, 0.29) is 4.75 Å². The van der Waals surface area contributed by atoms with Gasteiger partial charge < -0.3 is 4.55 Å². The van der Waals surface area contributed by atoms with Gasteiger partial charge in [-0.2, -0.15) is 0 Å². The van der Waals surface area contributed by atoms with Crippen molar-refractivity contribution in [3.05, 3.63) is 0 Å². The first-order valence-electron chi connectivity index (χ1n) is 8.10. The SMILES string of the molecule is CCC(CCC(C1CC1)C1CC1)N[S+]([O-])C(C)(C)C. The molecule has 0 spiro atoms. The van der Waals surface area contributed by atoms with E-state index in [0.29, 0.717) is 6.04 Å². The fraction of sp³-hybridized carbons (Fsp3) is 1.00. The molecule has 2 nitrogen and oxygen atoms in total. The summed E-state index contributed by atoms with van der Waals surface area (Å²) in [4.78, 5) is 0. The topological polar surface area (TPSA) is 35.1 Å². The van der Waals surface area contributed by atoms with Gasteiger partial charge in [-0.3, -0.25) is 0 Å². The lowest BCUT2D eigenvalue weighted by atomic mass is 9.90. The molecule has 2 aliphatic carbocycles. The minimum Gasteiger partial charge on any atom is -0.598 e. The average Bonchev–Trinajstić information content (AvgIpc) is 3.18. The molecular weight excluding hydrogens is 254 g/mol. The molecule has 0 aromatic rings. The minimum atomic E-state index is -0.922. The largest absolute Gasteiger partial charge is 0.598 e. The molecule has 1 N–H and O–H groups in total. The molecule has 0 aromatic heterocycles.